The highest BCUT2D eigenvalue weighted by molar-refractivity contribution is 4.88. The number of hydrogen-bond donors (Lipinski definition) is 4. The van der Waals surface area contributed by atoms with E-state index in [2.05, 4.69) is 4.90 Å². The fraction of sp³-hybridized carbons (Fsp3) is 1.00. The molecule has 2 saturated heterocycles. The van der Waals surface area contributed by atoms with Gasteiger partial charge in [0.15, 0.2) is 6.29 Å². The fourth-order valence-electron chi connectivity index (χ4n) is 2.69. The van der Waals surface area contributed by atoms with Crippen LogP contribution in [0.3, 0.4) is 0 Å². The number of piperidine rings is 1. The molecule has 0 aromatic heterocycles. The van der Waals surface area contributed by atoms with Gasteiger partial charge in [0.05, 0.1) is 13.2 Å². The predicted molar refractivity (Wildman–Crippen MR) is 70.0 cm³/mol. The molecule has 0 radical (unpaired) electrons. The fourth-order valence-corrected chi connectivity index (χ4v) is 2.69. The number of rotatable bonds is 5. The van der Waals surface area contributed by atoms with Gasteiger partial charge in [0.1, 0.15) is 24.4 Å². The quantitative estimate of drug-likeness (QED) is 0.478. The molecule has 0 aromatic rings. The minimum atomic E-state index is -1.37. The molecule has 3 unspecified atom stereocenters. The molecule has 2 aliphatic heterocycles. The van der Waals surface area contributed by atoms with Crippen molar-refractivity contribution in [2.24, 2.45) is 0 Å². The Hall–Kier alpha value is -0.280. The van der Waals surface area contributed by atoms with Crippen LogP contribution in [0.25, 0.3) is 0 Å². The van der Waals surface area contributed by atoms with Crippen LogP contribution in [0.1, 0.15) is 19.3 Å². The summed E-state index contributed by atoms with van der Waals surface area (Å²) in [5, 5.41) is 38.2. The summed E-state index contributed by atoms with van der Waals surface area (Å²) in [7, 11) is 0. The molecule has 2 rings (SSSR count). The van der Waals surface area contributed by atoms with Gasteiger partial charge in [0.2, 0.25) is 0 Å². The average Bonchev–Trinajstić information content (AvgIpc) is 2.48. The molecular formula is C13H25NO6. The third-order valence-electron chi connectivity index (χ3n) is 3.99. The molecule has 0 aliphatic carbocycles. The summed E-state index contributed by atoms with van der Waals surface area (Å²) in [6, 6.07) is 0. The van der Waals surface area contributed by atoms with Crippen LogP contribution in [-0.4, -0.2) is 88.9 Å². The highest BCUT2D eigenvalue weighted by Gasteiger charge is 2.43. The van der Waals surface area contributed by atoms with Crippen molar-refractivity contribution in [3.05, 3.63) is 0 Å². The van der Waals surface area contributed by atoms with Crippen molar-refractivity contribution >= 4 is 0 Å². The molecule has 20 heavy (non-hydrogen) atoms. The maximum Gasteiger partial charge on any atom is 0.186 e. The first kappa shape index (κ1) is 16.1. The maximum absolute atomic E-state index is 9.80. The van der Waals surface area contributed by atoms with Gasteiger partial charge < -0.3 is 34.8 Å². The Kier molecular flexibility index (Phi) is 6.16. The van der Waals surface area contributed by atoms with Crippen LogP contribution in [0.4, 0.5) is 0 Å². The van der Waals surface area contributed by atoms with Gasteiger partial charge in [-0.05, 0) is 25.9 Å². The predicted octanol–water partition coefficient (Wildman–Crippen LogP) is -1.71. The monoisotopic (exact) mass is 291 g/mol. The molecule has 4 N–H and O–H groups in total. The number of nitrogens with zero attached hydrogens (tertiary/aromatic N) is 1. The van der Waals surface area contributed by atoms with Crippen LogP contribution in [0.15, 0.2) is 0 Å². The van der Waals surface area contributed by atoms with Gasteiger partial charge in [0.25, 0.3) is 0 Å². The Balaban J connectivity index is 1.76. The maximum atomic E-state index is 9.80. The van der Waals surface area contributed by atoms with Crippen molar-refractivity contribution in [1.29, 1.82) is 0 Å². The van der Waals surface area contributed by atoms with Crippen molar-refractivity contribution in [2.75, 3.05) is 32.8 Å². The minimum Gasteiger partial charge on any atom is -0.394 e. The average molecular weight is 291 g/mol. The number of aliphatic hydroxyl groups excluding tert-OH is 4. The highest BCUT2D eigenvalue weighted by atomic mass is 16.7. The van der Waals surface area contributed by atoms with E-state index in [0.29, 0.717) is 6.61 Å². The third-order valence-corrected chi connectivity index (χ3v) is 3.99. The normalized spacial score (nSPS) is 39.9. The van der Waals surface area contributed by atoms with Crippen molar-refractivity contribution in [3.63, 3.8) is 0 Å². The number of likely N-dealkylation sites (tertiary alicyclic amines) is 1. The Morgan fingerprint density at radius 3 is 2.35 bits per heavy atom. The molecule has 5 atom stereocenters. The summed E-state index contributed by atoms with van der Waals surface area (Å²) < 4.78 is 10.7. The SMILES string of the molecule is OCC1O[C@@H](OCCN2CCCCC2)C(O)C(O)[C@@H]1O. The van der Waals surface area contributed by atoms with E-state index in [1.165, 1.54) is 19.3 Å². The molecule has 0 saturated carbocycles. The summed E-state index contributed by atoms with van der Waals surface area (Å²) in [6.45, 7) is 2.80. The molecule has 0 spiro atoms. The van der Waals surface area contributed by atoms with Crippen LogP contribution in [0.5, 0.6) is 0 Å². The van der Waals surface area contributed by atoms with Gasteiger partial charge in [-0.2, -0.15) is 0 Å². The Bertz CT molecular complexity index is 284. The molecule has 0 aromatic carbocycles. The van der Waals surface area contributed by atoms with Crippen molar-refractivity contribution in [1.82, 2.24) is 4.90 Å². The number of ether oxygens (including phenoxy) is 2. The van der Waals surface area contributed by atoms with E-state index >= 15 is 0 Å². The Labute approximate surface area is 118 Å². The Morgan fingerprint density at radius 1 is 1.00 bits per heavy atom. The summed E-state index contributed by atoms with van der Waals surface area (Å²) in [4.78, 5) is 2.29. The van der Waals surface area contributed by atoms with Crippen molar-refractivity contribution < 1.29 is 29.9 Å². The van der Waals surface area contributed by atoms with E-state index in [1.54, 1.807) is 0 Å². The topological polar surface area (TPSA) is 103 Å². The van der Waals surface area contributed by atoms with Crippen LogP contribution in [0.2, 0.25) is 0 Å². The van der Waals surface area contributed by atoms with E-state index in [4.69, 9.17) is 14.6 Å². The van der Waals surface area contributed by atoms with Gasteiger partial charge in [-0.1, -0.05) is 6.42 Å². The lowest BCUT2D eigenvalue weighted by atomic mass is 9.99. The molecular weight excluding hydrogens is 266 g/mol. The van der Waals surface area contributed by atoms with E-state index in [9.17, 15) is 15.3 Å². The zero-order chi connectivity index (χ0) is 14.5. The Morgan fingerprint density at radius 2 is 1.70 bits per heavy atom. The van der Waals surface area contributed by atoms with Gasteiger partial charge in [0, 0.05) is 6.54 Å². The third kappa shape index (κ3) is 3.88. The second-order valence-electron chi connectivity index (χ2n) is 5.47. The van der Waals surface area contributed by atoms with E-state index in [-0.39, 0.29) is 0 Å². The summed E-state index contributed by atoms with van der Waals surface area (Å²) in [5.74, 6) is 0. The lowest BCUT2D eigenvalue weighted by molar-refractivity contribution is -0.301. The van der Waals surface area contributed by atoms with Gasteiger partial charge in [-0.25, -0.2) is 0 Å². The van der Waals surface area contributed by atoms with E-state index in [1.807, 2.05) is 0 Å². The van der Waals surface area contributed by atoms with Crippen molar-refractivity contribution in [2.45, 2.75) is 50.0 Å². The minimum absolute atomic E-state index is 0.378. The lowest BCUT2D eigenvalue weighted by Gasteiger charge is -2.39. The molecule has 2 heterocycles. The molecule has 0 amide bonds. The van der Waals surface area contributed by atoms with Gasteiger partial charge in [-0.15, -0.1) is 0 Å². The lowest BCUT2D eigenvalue weighted by Crippen LogP contribution is -2.59. The van der Waals surface area contributed by atoms with Gasteiger partial charge in [-0.3, -0.25) is 0 Å². The number of hydrogen-bond acceptors (Lipinski definition) is 7. The van der Waals surface area contributed by atoms with E-state index < -0.39 is 37.3 Å². The first-order valence-corrected chi connectivity index (χ1v) is 7.28. The molecule has 2 aliphatic rings. The molecule has 2 fully saturated rings. The van der Waals surface area contributed by atoms with Crippen LogP contribution < -0.4 is 0 Å². The summed E-state index contributed by atoms with van der Waals surface area (Å²) >= 11 is 0. The largest absolute Gasteiger partial charge is 0.394 e. The molecule has 118 valence electrons. The smallest absolute Gasteiger partial charge is 0.186 e. The van der Waals surface area contributed by atoms with Crippen molar-refractivity contribution in [3.8, 4) is 0 Å². The standard InChI is InChI=1S/C13H25NO6/c15-8-9-10(16)11(17)12(18)13(20-9)19-7-6-14-4-2-1-3-5-14/h9-13,15-18H,1-8H2/t9?,10-,11?,12?,13-/m1/s1. The van der Waals surface area contributed by atoms with Crippen LogP contribution in [-0.2, 0) is 9.47 Å². The highest BCUT2D eigenvalue weighted by Crippen LogP contribution is 2.21. The second kappa shape index (κ2) is 7.65. The molecule has 7 heteroatoms. The summed E-state index contributed by atoms with van der Waals surface area (Å²) in [5.41, 5.74) is 0. The molecule has 0 bridgehead atoms. The zero-order valence-electron chi connectivity index (χ0n) is 11.6. The van der Waals surface area contributed by atoms with Gasteiger partial charge >= 0.3 is 0 Å². The first-order chi connectivity index (χ1) is 9.63. The second-order valence-corrected chi connectivity index (χ2v) is 5.47. The van der Waals surface area contributed by atoms with E-state index in [0.717, 1.165) is 19.6 Å². The summed E-state index contributed by atoms with van der Waals surface area (Å²) in [6.07, 6.45) is -2.29. The number of aliphatic hydroxyl groups is 4. The van der Waals surface area contributed by atoms with Crippen LogP contribution in [0, 0.1) is 0 Å². The molecule has 7 nitrogen and oxygen atoms in total. The zero-order valence-corrected chi connectivity index (χ0v) is 11.6. The first-order valence-electron chi connectivity index (χ1n) is 7.28. The van der Waals surface area contributed by atoms with Crippen LogP contribution >= 0.6 is 0 Å².